The van der Waals surface area contributed by atoms with Crippen molar-refractivity contribution in [3.05, 3.63) is 28.8 Å². The Kier molecular flexibility index (Phi) is 4.14. The molecule has 0 unspecified atom stereocenters. The summed E-state index contributed by atoms with van der Waals surface area (Å²) in [6, 6.07) is 4.71. The highest BCUT2D eigenvalue weighted by Crippen LogP contribution is 2.15. The molecule has 0 radical (unpaired) electrons. The smallest absolute Gasteiger partial charge is 0.178 e. The van der Waals surface area contributed by atoms with Crippen molar-refractivity contribution in [2.75, 3.05) is 19.6 Å². The summed E-state index contributed by atoms with van der Waals surface area (Å²) in [5, 5.41) is 0. The van der Waals surface area contributed by atoms with Crippen molar-refractivity contribution in [1.82, 2.24) is 14.5 Å². The molecule has 98 valence electrons. The van der Waals surface area contributed by atoms with Gasteiger partial charge in [0.05, 0.1) is 11.0 Å². The molecule has 5 heteroatoms. The van der Waals surface area contributed by atoms with E-state index in [0.29, 0.717) is 4.77 Å². The molecule has 0 aliphatic rings. The van der Waals surface area contributed by atoms with E-state index in [-0.39, 0.29) is 5.82 Å². The fourth-order valence-electron chi connectivity index (χ4n) is 2.13. The third-order valence-corrected chi connectivity index (χ3v) is 3.59. The number of aromatic amines is 1. The van der Waals surface area contributed by atoms with E-state index in [9.17, 15) is 4.39 Å². The molecule has 3 nitrogen and oxygen atoms in total. The number of rotatable bonds is 5. The normalized spacial score (nSPS) is 11.6. The van der Waals surface area contributed by atoms with Gasteiger partial charge < -0.3 is 14.5 Å². The van der Waals surface area contributed by atoms with Crippen molar-refractivity contribution in [2.24, 2.45) is 0 Å². The molecule has 1 aromatic carbocycles. The summed E-state index contributed by atoms with van der Waals surface area (Å²) in [6.45, 7) is 8.01. The van der Waals surface area contributed by atoms with Crippen LogP contribution < -0.4 is 0 Å². The Morgan fingerprint density at radius 2 is 2.06 bits per heavy atom. The largest absolute Gasteiger partial charge is 0.331 e. The van der Waals surface area contributed by atoms with Gasteiger partial charge in [0.1, 0.15) is 5.82 Å². The summed E-state index contributed by atoms with van der Waals surface area (Å²) in [7, 11) is 0. The molecule has 0 saturated heterocycles. The van der Waals surface area contributed by atoms with Gasteiger partial charge in [-0.15, -0.1) is 0 Å². The number of aromatic nitrogens is 2. The van der Waals surface area contributed by atoms with Gasteiger partial charge in [-0.3, -0.25) is 0 Å². The molecule has 0 spiro atoms. The van der Waals surface area contributed by atoms with Gasteiger partial charge in [0.15, 0.2) is 4.77 Å². The maximum atomic E-state index is 13.3. The van der Waals surface area contributed by atoms with Crippen molar-refractivity contribution in [2.45, 2.75) is 20.4 Å². The number of likely N-dealkylation sites (N-methyl/N-ethyl adjacent to an activating group) is 1. The number of halogens is 1. The van der Waals surface area contributed by atoms with Crippen LogP contribution in [-0.2, 0) is 6.54 Å². The van der Waals surface area contributed by atoms with E-state index in [1.807, 2.05) is 4.57 Å². The maximum absolute atomic E-state index is 13.3. The monoisotopic (exact) mass is 267 g/mol. The quantitative estimate of drug-likeness (QED) is 0.841. The Morgan fingerprint density at radius 3 is 2.72 bits per heavy atom. The lowest BCUT2D eigenvalue weighted by Gasteiger charge is -2.18. The van der Waals surface area contributed by atoms with Gasteiger partial charge in [0.25, 0.3) is 0 Å². The molecule has 0 fully saturated rings. The second-order valence-electron chi connectivity index (χ2n) is 4.27. The zero-order chi connectivity index (χ0) is 13.1. The van der Waals surface area contributed by atoms with E-state index in [4.69, 9.17) is 12.2 Å². The first-order chi connectivity index (χ1) is 8.65. The van der Waals surface area contributed by atoms with Gasteiger partial charge >= 0.3 is 0 Å². The van der Waals surface area contributed by atoms with Crippen LogP contribution in [0.1, 0.15) is 13.8 Å². The van der Waals surface area contributed by atoms with Gasteiger partial charge in [0, 0.05) is 13.1 Å². The average Bonchev–Trinajstić information content (AvgIpc) is 2.66. The summed E-state index contributed by atoms with van der Waals surface area (Å²) >= 11 is 5.29. The highest BCUT2D eigenvalue weighted by molar-refractivity contribution is 7.71. The zero-order valence-corrected chi connectivity index (χ0v) is 11.6. The number of nitrogens with one attached hydrogen (secondary N) is 1. The van der Waals surface area contributed by atoms with Crippen molar-refractivity contribution in [1.29, 1.82) is 0 Å². The van der Waals surface area contributed by atoms with Crippen molar-refractivity contribution in [3.8, 4) is 0 Å². The van der Waals surface area contributed by atoms with Gasteiger partial charge in [-0.05, 0) is 43.5 Å². The Balaban J connectivity index is 2.29. The Morgan fingerprint density at radius 1 is 1.33 bits per heavy atom. The average molecular weight is 267 g/mol. The minimum absolute atomic E-state index is 0.229. The lowest BCUT2D eigenvalue weighted by Crippen LogP contribution is -2.27. The molecule has 1 heterocycles. The van der Waals surface area contributed by atoms with Gasteiger partial charge in [-0.25, -0.2) is 4.39 Å². The highest BCUT2D eigenvalue weighted by atomic mass is 32.1. The molecule has 1 aromatic heterocycles. The third-order valence-electron chi connectivity index (χ3n) is 3.27. The zero-order valence-electron chi connectivity index (χ0n) is 10.7. The van der Waals surface area contributed by atoms with Crippen LogP contribution in [-0.4, -0.2) is 34.1 Å². The highest BCUT2D eigenvalue weighted by Gasteiger charge is 2.07. The van der Waals surface area contributed by atoms with Gasteiger partial charge in [0.2, 0.25) is 0 Å². The van der Waals surface area contributed by atoms with Crippen LogP contribution >= 0.6 is 12.2 Å². The fourth-order valence-corrected chi connectivity index (χ4v) is 2.43. The number of hydrogen-bond donors (Lipinski definition) is 1. The number of imidazole rings is 1. The first-order valence-corrected chi connectivity index (χ1v) is 6.67. The van der Waals surface area contributed by atoms with Crippen LogP contribution in [0.25, 0.3) is 11.0 Å². The fraction of sp³-hybridized carbons (Fsp3) is 0.462. The summed E-state index contributed by atoms with van der Waals surface area (Å²) in [5.41, 5.74) is 1.73. The van der Waals surface area contributed by atoms with E-state index in [1.54, 1.807) is 6.07 Å². The lowest BCUT2D eigenvalue weighted by atomic mass is 10.3. The molecule has 2 aromatic rings. The minimum Gasteiger partial charge on any atom is -0.331 e. The van der Waals surface area contributed by atoms with E-state index >= 15 is 0 Å². The van der Waals surface area contributed by atoms with Crippen molar-refractivity contribution >= 4 is 23.3 Å². The standard InChI is InChI=1S/C13H18FN3S/c1-3-16(4-2)7-8-17-12-9-10(14)5-6-11(12)15-13(17)18/h5-6,9H,3-4,7-8H2,1-2H3,(H,15,18). The lowest BCUT2D eigenvalue weighted by molar-refractivity contribution is 0.291. The second-order valence-corrected chi connectivity index (χ2v) is 4.66. The van der Waals surface area contributed by atoms with Crippen LogP contribution in [0.2, 0.25) is 0 Å². The molecule has 0 bridgehead atoms. The summed E-state index contributed by atoms with van der Waals surface area (Å²) in [4.78, 5) is 5.43. The predicted octanol–water partition coefficient (Wildman–Crippen LogP) is 3.18. The molecule has 0 aliphatic heterocycles. The predicted molar refractivity (Wildman–Crippen MR) is 74.9 cm³/mol. The number of fused-ring (bicyclic) bond motifs is 1. The van der Waals surface area contributed by atoms with Crippen LogP contribution in [0.15, 0.2) is 18.2 Å². The summed E-state index contributed by atoms with van der Waals surface area (Å²) in [6.07, 6.45) is 0. The maximum Gasteiger partial charge on any atom is 0.178 e. The van der Waals surface area contributed by atoms with Crippen LogP contribution in [0, 0.1) is 10.6 Å². The van der Waals surface area contributed by atoms with Crippen molar-refractivity contribution in [3.63, 3.8) is 0 Å². The number of nitrogens with zero attached hydrogens (tertiary/aromatic N) is 2. The van der Waals surface area contributed by atoms with Crippen molar-refractivity contribution < 1.29 is 4.39 Å². The van der Waals surface area contributed by atoms with E-state index in [1.165, 1.54) is 12.1 Å². The molecule has 18 heavy (non-hydrogen) atoms. The summed E-state index contributed by atoms with van der Waals surface area (Å²) in [5.74, 6) is -0.229. The number of hydrogen-bond acceptors (Lipinski definition) is 2. The molecule has 0 aliphatic carbocycles. The Labute approximate surface area is 111 Å². The summed E-state index contributed by atoms with van der Waals surface area (Å²) < 4.78 is 15.9. The topological polar surface area (TPSA) is 24.0 Å². The van der Waals surface area contributed by atoms with Gasteiger partial charge in [-0.2, -0.15) is 0 Å². The Hall–Kier alpha value is -1.20. The van der Waals surface area contributed by atoms with E-state index in [0.717, 1.165) is 37.2 Å². The first kappa shape index (κ1) is 13.2. The molecule has 0 saturated carbocycles. The van der Waals surface area contributed by atoms with E-state index < -0.39 is 0 Å². The van der Waals surface area contributed by atoms with Gasteiger partial charge in [-0.1, -0.05) is 13.8 Å². The molecular formula is C13H18FN3S. The molecule has 0 atom stereocenters. The van der Waals surface area contributed by atoms with E-state index in [2.05, 4.69) is 23.7 Å². The SMILES string of the molecule is CCN(CC)CCn1c(=S)[nH]c2ccc(F)cc21. The number of H-pyrrole nitrogens is 1. The van der Waals surface area contributed by atoms with Crippen LogP contribution in [0.4, 0.5) is 4.39 Å². The Bertz CT molecular complexity index is 583. The molecule has 1 N–H and O–H groups in total. The first-order valence-electron chi connectivity index (χ1n) is 6.26. The minimum atomic E-state index is -0.229. The molecule has 2 rings (SSSR count). The molecular weight excluding hydrogens is 249 g/mol. The second kappa shape index (κ2) is 5.63. The van der Waals surface area contributed by atoms with Crippen LogP contribution in [0.3, 0.4) is 0 Å². The number of benzene rings is 1. The molecule has 0 amide bonds. The third kappa shape index (κ3) is 2.62. The van der Waals surface area contributed by atoms with Crippen LogP contribution in [0.5, 0.6) is 0 Å².